The second-order valence-corrected chi connectivity index (χ2v) is 3.83. The molecule has 16 heavy (non-hydrogen) atoms. The lowest BCUT2D eigenvalue weighted by Gasteiger charge is -2.09. The van der Waals surface area contributed by atoms with Crippen LogP contribution in [-0.2, 0) is 0 Å². The van der Waals surface area contributed by atoms with Crippen molar-refractivity contribution in [3.63, 3.8) is 0 Å². The fourth-order valence-electron chi connectivity index (χ4n) is 1.79. The number of benzene rings is 1. The molecule has 4 nitrogen and oxygen atoms in total. The molecule has 0 radical (unpaired) electrons. The minimum absolute atomic E-state index is 0.773. The molecule has 80 valence electrons. The van der Waals surface area contributed by atoms with Crippen LogP contribution >= 0.6 is 0 Å². The van der Waals surface area contributed by atoms with Crippen molar-refractivity contribution in [1.82, 2.24) is 9.97 Å². The summed E-state index contributed by atoms with van der Waals surface area (Å²) in [4.78, 5) is 11.0. The highest BCUT2D eigenvalue weighted by Crippen LogP contribution is 2.28. The number of anilines is 2. The molecule has 0 saturated carbocycles. The number of hydrogen-bond donors (Lipinski definition) is 1. The van der Waals surface area contributed by atoms with Crippen molar-refractivity contribution in [2.75, 3.05) is 23.9 Å². The molecule has 0 atom stereocenters. The van der Waals surface area contributed by atoms with Crippen LogP contribution in [0.1, 0.15) is 0 Å². The summed E-state index contributed by atoms with van der Waals surface area (Å²) in [6, 6.07) is 10.0. The van der Waals surface area contributed by atoms with Crippen molar-refractivity contribution in [3.8, 4) is 11.4 Å². The van der Waals surface area contributed by atoms with E-state index in [1.165, 1.54) is 0 Å². The Balaban J connectivity index is 2.08. The predicted octanol–water partition coefficient (Wildman–Crippen LogP) is 1.96. The maximum absolute atomic E-state index is 4.56. The normalized spacial score (nSPS) is 13.4. The second-order valence-electron chi connectivity index (χ2n) is 3.83. The third-order valence-corrected chi connectivity index (χ3v) is 2.67. The Morgan fingerprint density at radius 3 is 2.88 bits per heavy atom. The van der Waals surface area contributed by atoms with Crippen LogP contribution in [0.15, 0.2) is 36.5 Å². The van der Waals surface area contributed by atoms with E-state index in [4.69, 9.17) is 0 Å². The highest BCUT2D eigenvalue weighted by molar-refractivity contribution is 5.72. The Morgan fingerprint density at radius 2 is 2.06 bits per heavy atom. The van der Waals surface area contributed by atoms with E-state index in [9.17, 15) is 0 Å². The topological polar surface area (TPSA) is 41.0 Å². The third kappa shape index (κ3) is 1.39. The molecule has 2 aromatic rings. The van der Waals surface area contributed by atoms with Crippen molar-refractivity contribution in [2.24, 2.45) is 0 Å². The van der Waals surface area contributed by atoms with Crippen molar-refractivity contribution in [3.05, 3.63) is 36.5 Å². The van der Waals surface area contributed by atoms with Crippen molar-refractivity contribution in [2.45, 2.75) is 0 Å². The summed E-state index contributed by atoms with van der Waals surface area (Å²) in [6.45, 7) is 0.794. The molecule has 0 bridgehead atoms. The molecule has 4 heteroatoms. The van der Waals surface area contributed by atoms with Gasteiger partial charge in [-0.2, -0.15) is 0 Å². The maximum atomic E-state index is 4.56. The molecule has 1 aromatic carbocycles. The van der Waals surface area contributed by atoms with Crippen LogP contribution in [0.25, 0.3) is 11.4 Å². The van der Waals surface area contributed by atoms with Crippen LogP contribution in [0, 0.1) is 0 Å². The number of rotatable bonds is 1. The molecule has 0 fully saturated rings. The SMILES string of the molecule is CN1CNc2cnc(-c3ccccc3)nc21. The third-order valence-electron chi connectivity index (χ3n) is 2.67. The Hall–Kier alpha value is -2.10. The molecular formula is C12H12N4. The summed E-state index contributed by atoms with van der Waals surface area (Å²) >= 11 is 0. The van der Waals surface area contributed by atoms with E-state index in [0.717, 1.165) is 29.6 Å². The van der Waals surface area contributed by atoms with Crippen LogP contribution in [0.2, 0.25) is 0 Å². The number of fused-ring (bicyclic) bond motifs is 1. The average molecular weight is 212 g/mol. The van der Waals surface area contributed by atoms with Crippen molar-refractivity contribution < 1.29 is 0 Å². The summed E-state index contributed by atoms with van der Waals surface area (Å²) in [5, 5.41) is 3.23. The van der Waals surface area contributed by atoms with Crippen LogP contribution < -0.4 is 10.2 Å². The Labute approximate surface area is 94.0 Å². The zero-order valence-electron chi connectivity index (χ0n) is 9.01. The van der Waals surface area contributed by atoms with E-state index in [2.05, 4.69) is 20.2 Å². The molecule has 0 saturated heterocycles. The lowest BCUT2D eigenvalue weighted by Crippen LogP contribution is -2.16. The molecule has 3 rings (SSSR count). The molecular weight excluding hydrogens is 200 g/mol. The van der Waals surface area contributed by atoms with Gasteiger partial charge in [0, 0.05) is 12.6 Å². The van der Waals surface area contributed by atoms with E-state index in [1.54, 1.807) is 0 Å². The van der Waals surface area contributed by atoms with Gasteiger partial charge in [0.1, 0.15) is 0 Å². The van der Waals surface area contributed by atoms with E-state index in [0.29, 0.717) is 0 Å². The molecule has 0 aliphatic carbocycles. The molecule has 1 aliphatic rings. The summed E-state index contributed by atoms with van der Waals surface area (Å²) in [6.07, 6.45) is 1.84. The zero-order valence-corrected chi connectivity index (χ0v) is 9.01. The summed E-state index contributed by atoms with van der Waals surface area (Å²) in [5.74, 6) is 1.74. The maximum Gasteiger partial charge on any atom is 0.161 e. The summed E-state index contributed by atoms with van der Waals surface area (Å²) in [5.41, 5.74) is 2.05. The zero-order chi connectivity index (χ0) is 11.0. The van der Waals surface area contributed by atoms with Gasteiger partial charge >= 0.3 is 0 Å². The van der Waals surface area contributed by atoms with Gasteiger partial charge in [-0.25, -0.2) is 9.97 Å². The minimum Gasteiger partial charge on any atom is -0.363 e. The number of nitrogens with one attached hydrogen (secondary N) is 1. The fourth-order valence-corrected chi connectivity index (χ4v) is 1.79. The average Bonchev–Trinajstić information content (AvgIpc) is 2.72. The molecule has 2 heterocycles. The van der Waals surface area contributed by atoms with Crippen LogP contribution in [-0.4, -0.2) is 23.7 Å². The first kappa shape index (κ1) is 9.15. The van der Waals surface area contributed by atoms with Crippen LogP contribution in [0.3, 0.4) is 0 Å². The Morgan fingerprint density at radius 1 is 1.25 bits per heavy atom. The molecule has 1 aliphatic heterocycles. The fraction of sp³-hybridized carbons (Fsp3) is 0.167. The van der Waals surface area contributed by atoms with Gasteiger partial charge in [0.25, 0.3) is 0 Å². The summed E-state index contributed by atoms with van der Waals surface area (Å²) < 4.78 is 0. The van der Waals surface area contributed by atoms with Gasteiger partial charge in [0.15, 0.2) is 11.6 Å². The molecule has 1 N–H and O–H groups in total. The lowest BCUT2D eigenvalue weighted by molar-refractivity contribution is 1.00. The molecule has 0 spiro atoms. The first-order valence-corrected chi connectivity index (χ1v) is 5.22. The van der Waals surface area contributed by atoms with Gasteiger partial charge < -0.3 is 10.2 Å². The van der Waals surface area contributed by atoms with Gasteiger partial charge in [0.05, 0.1) is 18.6 Å². The van der Waals surface area contributed by atoms with Gasteiger partial charge in [-0.1, -0.05) is 30.3 Å². The van der Waals surface area contributed by atoms with Gasteiger partial charge in [-0.05, 0) is 0 Å². The van der Waals surface area contributed by atoms with Crippen LogP contribution in [0.4, 0.5) is 11.5 Å². The first-order valence-electron chi connectivity index (χ1n) is 5.22. The number of hydrogen-bond acceptors (Lipinski definition) is 4. The molecule has 1 aromatic heterocycles. The van der Waals surface area contributed by atoms with E-state index in [-0.39, 0.29) is 0 Å². The predicted molar refractivity (Wildman–Crippen MR) is 64.4 cm³/mol. The van der Waals surface area contributed by atoms with Crippen LogP contribution in [0.5, 0.6) is 0 Å². The van der Waals surface area contributed by atoms with E-state index < -0.39 is 0 Å². The Kier molecular flexibility index (Phi) is 1.99. The van der Waals surface area contributed by atoms with E-state index >= 15 is 0 Å². The van der Waals surface area contributed by atoms with E-state index in [1.807, 2.05) is 43.6 Å². The highest BCUT2D eigenvalue weighted by atomic mass is 15.3. The second kappa shape index (κ2) is 3.48. The van der Waals surface area contributed by atoms with Gasteiger partial charge in [0.2, 0.25) is 0 Å². The minimum atomic E-state index is 0.773. The largest absolute Gasteiger partial charge is 0.363 e. The monoisotopic (exact) mass is 212 g/mol. The Bertz CT molecular complexity index is 510. The quantitative estimate of drug-likeness (QED) is 0.784. The van der Waals surface area contributed by atoms with Crippen molar-refractivity contribution in [1.29, 1.82) is 0 Å². The highest BCUT2D eigenvalue weighted by Gasteiger charge is 2.17. The number of nitrogens with zero attached hydrogens (tertiary/aromatic N) is 3. The lowest BCUT2D eigenvalue weighted by atomic mass is 10.2. The van der Waals surface area contributed by atoms with Gasteiger partial charge in [-0.3, -0.25) is 0 Å². The first-order chi connectivity index (χ1) is 7.84. The number of aromatic nitrogens is 2. The van der Waals surface area contributed by atoms with Gasteiger partial charge in [-0.15, -0.1) is 0 Å². The summed E-state index contributed by atoms with van der Waals surface area (Å²) in [7, 11) is 2.01. The molecule has 0 amide bonds. The standard InChI is InChI=1S/C12H12N4/c1-16-8-14-10-7-13-11(15-12(10)16)9-5-3-2-4-6-9/h2-7,14H,8H2,1H3. The smallest absolute Gasteiger partial charge is 0.161 e. The molecule has 0 unspecified atom stereocenters. The van der Waals surface area contributed by atoms with Crippen molar-refractivity contribution >= 4 is 11.5 Å².